The van der Waals surface area contributed by atoms with Crippen molar-refractivity contribution >= 4 is 11.6 Å². The summed E-state index contributed by atoms with van der Waals surface area (Å²) >= 11 is 0. The summed E-state index contributed by atoms with van der Waals surface area (Å²) in [6.07, 6.45) is 18.4. The Labute approximate surface area is 240 Å². The van der Waals surface area contributed by atoms with E-state index in [4.69, 9.17) is 4.74 Å². The lowest BCUT2D eigenvalue weighted by Crippen LogP contribution is -2.40. The first-order valence-corrected chi connectivity index (χ1v) is 16.2. The van der Waals surface area contributed by atoms with Gasteiger partial charge >= 0.3 is 0 Å². The number of hydrogen-bond donors (Lipinski definition) is 0. The van der Waals surface area contributed by atoms with Crippen molar-refractivity contribution in [3.63, 3.8) is 0 Å². The second-order valence-corrected chi connectivity index (χ2v) is 13.7. The highest BCUT2D eigenvalue weighted by molar-refractivity contribution is 5.95. The zero-order valence-electron chi connectivity index (χ0n) is 26.2. The quantitative estimate of drug-likeness (QED) is 0.335. The van der Waals surface area contributed by atoms with E-state index in [0.717, 1.165) is 38.4 Å². The first kappa shape index (κ1) is 32.0. The fourth-order valence-electron chi connectivity index (χ4n) is 8.80. The number of rotatable bonds is 4. The van der Waals surface area contributed by atoms with E-state index < -0.39 is 0 Å². The van der Waals surface area contributed by atoms with Gasteiger partial charge in [-0.25, -0.2) is 0 Å². The summed E-state index contributed by atoms with van der Waals surface area (Å²) in [6, 6.07) is 0. The minimum atomic E-state index is 0.133. The summed E-state index contributed by atoms with van der Waals surface area (Å²) in [6.45, 7) is 23.4. The van der Waals surface area contributed by atoms with Crippen molar-refractivity contribution < 1.29 is 14.3 Å². The Bertz CT molecular complexity index is 903. The average molecular weight is 539 g/mol. The molecule has 1 aliphatic heterocycles. The molecule has 4 aliphatic carbocycles. The van der Waals surface area contributed by atoms with Gasteiger partial charge in [0.25, 0.3) is 0 Å². The molecular formula is C36H58O3. The summed E-state index contributed by atoms with van der Waals surface area (Å²) in [4.78, 5) is 23.8. The van der Waals surface area contributed by atoms with Crippen LogP contribution in [0.15, 0.2) is 36.5 Å². The molecule has 4 fully saturated rings. The Morgan fingerprint density at radius 3 is 1.85 bits per heavy atom. The second kappa shape index (κ2) is 13.9. The Balaban J connectivity index is 0.000000183. The van der Waals surface area contributed by atoms with E-state index in [2.05, 4.69) is 60.8 Å². The number of Topliss-reactive ketones (excluding diaryl/α,β-unsaturated/α-hetero) is 1. The molecule has 5 rings (SSSR count). The highest BCUT2D eigenvalue weighted by atomic mass is 16.5. The van der Waals surface area contributed by atoms with Gasteiger partial charge in [-0.15, -0.1) is 0 Å². The maximum atomic E-state index is 12.0. The first-order chi connectivity index (χ1) is 18.5. The number of ether oxygens (including phenoxy) is 1. The molecule has 39 heavy (non-hydrogen) atoms. The van der Waals surface area contributed by atoms with Gasteiger partial charge in [0.1, 0.15) is 5.78 Å². The van der Waals surface area contributed by atoms with Crippen molar-refractivity contribution in [3.8, 4) is 0 Å². The molecule has 3 nitrogen and oxygen atoms in total. The monoisotopic (exact) mass is 538 g/mol. The van der Waals surface area contributed by atoms with Crippen LogP contribution in [0.5, 0.6) is 0 Å². The summed E-state index contributed by atoms with van der Waals surface area (Å²) in [5.41, 5.74) is 3.06. The van der Waals surface area contributed by atoms with E-state index in [-0.39, 0.29) is 17.3 Å². The van der Waals surface area contributed by atoms with Gasteiger partial charge in [0, 0.05) is 36.9 Å². The van der Waals surface area contributed by atoms with Crippen LogP contribution in [0.2, 0.25) is 0 Å². The van der Waals surface area contributed by atoms with E-state index in [1.807, 2.05) is 6.08 Å². The third-order valence-corrected chi connectivity index (χ3v) is 11.7. The fourth-order valence-corrected chi connectivity index (χ4v) is 8.80. The summed E-state index contributed by atoms with van der Waals surface area (Å²) < 4.78 is 4.94. The molecule has 0 radical (unpaired) electrons. The minimum Gasteiger partial charge on any atom is -0.381 e. The zero-order chi connectivity index (χ0) is 28.8. The number of ketones is 2. The molecular weight excluding hydrogens is 480 g/mol. The lowest BCUT2D eigenvalue weighted by atomic mass is 9.57. The molecule has 2 spiro atoms. The van der Waals surface area contributed by atoms with Crippen LogP contribution in [-0.2, 0) is 14.3 Å². The highest BCUT2D eigenvalue weighted by Crippen LogP contribution is 2.58. The van der Waals surface area contributed by atoms with Crippen molar-refractivity contribution in [1.82, 2.24) is 0 Å². The van der Waals surface area contributed by atoms with Crippen molar-refractivity contribution in [2.75, 3.05) is 13.2 Å². The van der Waals surface area contributed by atoms with Crippen LogP contribution in [0, 0.1) is 46.3 Å². The Morgan fingerprint density at radius 2 is 1.44 bits per heavy atom. The molecule has 1 saturated heterocycles. The van der Waals surface area contributed by atoms with E-state index in [9.17, 15) is 9.59 Å². The van der Waals surface area contributed by atoms with Gasteiger partial charge in [0.15, 0.2) is 5.78 Å². The number of carbonyl (C=O) groups is 2. The maximum Gasteiger partial charge on any atom is 0.159 e. The Kier molecular flexibility index (Phi) is 11.4. The third kappa shape index (κ3) is 6.88. The van der Waals surface area contributed by atoms with Crippen LogP contribution in [0.3, 0.4) is 0 Å². The summed E-state index contributed by atoms with van der Waals surface area (Å²) in [7, 11) is 0. The minimum absolute atomic E-state index is 0.133. The molecule has 3 heteroatoms. The normalized spacial score (nSPS) is 39.3. The van der Waals surface area contributed by atoms with Crippen LogP contribution in [0.4, 0.5) is 0 Å². The zero-order valence-corrected chi connectivity index (χ0v) is 26.2. The van der Waals surface area contributed by atoms with Crippen molar-refractivity contribution in [2.24, 2.45) is 46.3 Å². The molecule has 0 aromatic carbocycles. The largest absolute Gasteiger partial charge is 0.381 e. The Morgan fingerprint density at radius 1 is 0.872 bits per heavy atom. The molecule has 220 valence electrons. The predicted octanol–water partition coefficient (Wildman–Crippen LogP) is 9.32. The molecule has 0 amide bonds. The van der Waals surface area contributed by atoms with Gasteiger partial charge in [0.2, 0.25) is 0 Å². The highest BCUT2D eigenvalue weighted by Gasteiger charge is 2.52. The molecule has 5 aliphatic rings. The van der Waals surface area contributed by atoms with Crippen LogP contribution < -0.4 is 0 Å². The molecule has 0 aromatic heterocycles. The lowest BCUT2D eigenvalue weighted by molar-refractivity contribution is -0.123. The third-order valence-electron chi connectivity index (χ3n) is 11.7. The first-order valence-electron chi connectivity index (χ1n) is 16.2. The molecule has 0 N–H and O–H groups in total. The van der Waals surface area contributed by atoms with Gasteiger partial charge in [-0.3, -0.25) is 9.59 Å². The number of hydrogen-bond acceptors (Lipinski definition) is 3. The van der Waals surface area contributed by atoms with Crippen LogP contribution in [-0.4, -0.2) is 24.8 Å². The van der Waals surface area contributed by atoms with E-state index in [0.29, 0.717) is 34.7 Å². The van der Waals surface area contributed by atoms with Crippen molar-refractivity contribution in [3.05, 3.63) is 36.5 Å². The van der Waals surface area contributed by atoms with Gasteiger partial charge in [-0.2, -0.15) is 0 Å². The van der Waals surface area contributed by atoms with Gasteiger partial charge < -0.3 is 4.74 Å². The molecule has 0 aromatic rings. The molecule has 2 unspecified atom stereocenters. The Hall–Kier alpha value is -1.48. The van der Waals surface area contributed by atoms with Crippen molar-refractivity contribution in [2.45, 2.75) is 119 Å². The molecule has 1 heterocycles. The van der Waals surface area contributed by atoms with Crippen LogP contribution >= 0.6 is 0 Å². The smallest absolute Gasteiger partial charge is 0.159 e. The molecule has 3 saturated carbocycles. The second-order valence-electron chi connectivity index (χ2n) is 13.7. The maximum absolute atomic E-state index is 12.0. The average Bonchev–Trinajstić information content (AvgIpc) is 3.67. The molecule has 0 bridgehead atoms. The van der Waals surface area contributed by atoms with Crippen molar-refractivity contribution in [1.29, 1.82) is 0 Å². The van der Waals surface area contributed by atoms with E-state index in [1.165, 1.54) is 68.9 Å². The van der Waals surface area contributed by atoms with Crippen LogP contribution in [0.25, 0.3) is 0 Å². The lowest BCUT2D eigenvalue weighted by Gasteiger charge is -2.47. The van der Waals surface area contributed by atoms with E-state index in [1.54, 1.807) is 0 Å². The molecule has 8 atom stereocenters. The van der Waals surface area contributed by atoms with E-state index >= 15 is 0 Å². The van der Waals surface area contributed by atoms with Crippen LogP contribution in [0.1, 0.15) is 119 Å². The van der Waals surface area contributed by atoms with Gasteiger partial charge in [0.05, 0.1) is 0 Å². The summed E-state index contributed by atoms with van der Waals surface area (Å²) in [5, 5.41) is 0. The number of carbonyl (C=O) groups excluding carboxylic acids is 2. The van der Waals surface area contributed by atoms with Gasteiger partial charge in [-0.1, -0.05) is 70.9 Å². The SMILES string of the molecule is C1CCOC1.C=C(C)[C@H]1CC[C@H](CC)[C@]2(C=CC(=O)C2C)C1.C=C(C)[C@H]1CC[C@H](CC)[C@]2(CCC(=O)C2C)C1. The predicted molar refractivity (Wildman–Crippen MR) is 164 cm³/mol. The standard InChI is InChI=1S/C16H26O.C16H24O.C4H8O/c2*1-5-14-7-6-13(11(2)3)10-16(14)9-8-15(17)12(16)4;1-2-4-5-3-1/h12-14H,2,5-10H2,1,3-4H3;8-9,12-14H,2,5-7,10H2,1,3-4H3;1-4H2/t2*12?,13-,14-,16+;/m00./s1. The fraction of sp³-hybridized carbons (Fsp3) is 0.778. The topological polar surface area (TPSA) is 43.4 Å². The summed E-state index contributed by atoms with van der Waals surface area (Å²) in [5.74, 6) is 4.00. The van der Waals surface area contributed by atoms with Gasteiger partial charge in [-0.05, 0) is 107 Å². The number of allylic oxidation sites excluding steroid dienone is 4.